The van der Waals surface area contributed by atoms with Crippen molar-refractivity contribution in [2.75, 3.05) is 26.2 Å². The molecule has 3 nitrogen and oxygen atoms in total. The lowest BCUT2D eigenvalue weighted by atomic mass is 10.0. The van der Waals surface area contributed by atoms with Crippen LogP contribution in [0, 0.1) is 5.82 Å². The lowest BCUT2D eigenvalue weighted by molar-refractivity contribution is -0.275. The third-order valence-electron chi connectivity index (χ3n) is 3.55. The summed E-state index contributed by atoms with van der Waals surface area (Å²) < 4.78 is 53.8. The van der Waals surface area contributed by atoms with Crippen molar-refractivity contribution in [3.63, 3.8) is 0 Å². The first-order valence-corrected chi connectivity index (χ1v) is 6.90. The molecule has 1 fully saturated rings. The van der Waals surface area contributed by atoms with E-state index in [0.717, 1.165) is 44.7 Å². The van der Waals surface area contributed by atoms with Gasteiger partial charge in [0.15, 0.2) is 11.6 Å². The van der Waals surface area contributed by atoms with Gasteiger partial charge < -0.3 is 10.1 Å². The van der Waals surface area contributed by atoms with E-state index in [0.29, 0.717) is 5.56 Å². The van der Waals surface area contributed by atoms with Crippen molar-refractivity contribution in [2.24, 2.45) is 0 Å². The molecule has 0 bridgehead atoms. The van der Waals surface area contributed by atoms with Gasteiger partial charge >= 0.3 is 6.36 Å². The van der Waals surface area contributed by atoms with E-state index in [9.17, 15) is 17.6 Å². The van der Waals surface area contributed by atoms with Gasteiger partial charge in [0.25, 0.3) is 0 Å². The molecule has 1 aromatic carbocycles. The van der Waals surface area contributed by atoms with Gasteiger partial charge in [0, 0.05) is 32.2 Å². The minimum absolute atomic E-state index is 0. The highest BCUT2D eigenvalue weighted by Crippen LogP contribution is 2.30. The van der Waals surface area contributed by atoms with Gasteiger partial charge in [0.2, 0.25) is 0 Å². The van der Waals surface area contributed by atoms with Gasteiger partial charge in [0.05, 0.1) is 0 Å². The molecule has 1 N–H and O–H groups in total. The summed E-state index contributed by atoms with van der Waals surface area (Å²) in [6, 6.07) is 3.68. The zero-order valence-corrected chi connectivity index (χ0v) is 12.9. The molecule has 0 spiro atoms. The van der Waals surface area contributed by atoms with E-state index in [-0.39, 0.29) is 18.4 Å². The normalized spacial score (nSPS) is 17.7. The maximum absolute atomic E-state index is 13.8. The fourth-order valence-corrected chi connectivity index (χ4v) is 2.63. The zero-order valence-electron chi connectivity index (χ0n) is 12.1. The monoisotopic (exact) mass is 342 g/mol. The topological polar surface area (TPSA) is 24.5 Å². The lowest BCUT2D eigenvalue weighted by Gasteiger charge is -2.34. The molecule has 0 aromatic heterocycles. The van der Waals surface area contributed by atoms with E-state index >= 15 is 0 Å². The summed E-state index contributed by atoms with van der Waals surface area (Å²) in [6.45, 7) is 5.36. The third kappa shape index (κ3) is 5.00. The van der Waals surface area contributed by atoms with Crippen LogP contribution in [0.4, 0.5) is 17.6 Å². The van der Waals surface area contributed by atoms with Crippen molar-refractivity contribution in [3.8, 4) is 5.75 Å². The molecule has 126 valence electrons. The summed E-state index contributed by atoms with van der Waals surface area (Å²) >= 11 is 0. The third-order valence-corrected chi connectivity index (χ3v) is 3.55. The van der Waals surface area contributed by atoms with E-state index in [2.05, 4.69) is 15.0 Å². The number of nitrogens with one attached hydrogen (secondary N) is 1. The number of hydrogen-bond acceptors (Lipinski definition) is 3. The van der Waals surface area contributed by atoms with Crippen LogP contribution in [0.25, 0.3) is 0 Å². The molecule has 1 heterocycles. The minimum atomic E-state index is -4.88. The van der Waals surface area contributed by atoms with Crippen LogP contribution in [-0.4, -0.2) is 37.4 Å². The summed E-state index contributed by atoms with van der Waals surface area (Å²) in [5, 5.41) is 3.23. The maximum Gasteiger partial charge on any atom is 0.573 e. The van der Waals surface area contributed by atoms with Crippen LogP contribution in [0.2, 0.25) is 0 Å². The van der Waals surface area contributed by atoms with Crippen molar-refractivity contribution in [1.82, 2.24) is 10.2 Å². The van der Waals surface area contributed by atoms with Gasteiger partial charge in [-0.3, -0.25) is 4.90 Å². The van der Waals surface area contributed by atoms with Gasteiger partial charge in [-0.15, -0.1) is 25.6 Å². The predicted molar refractivity (Wildman–Crippen MR) is 77.8 cm³/mol. The molecule has 1 aliphatic rings. The Morgan fingerprint density at radius 1 is 1.27 bits per heavy atom. The van der Waals surface area contributed by atoms with Gasteiger partial charge in [-0.25, -0.2) is 4.39 Å². The molecule has 1 atom stereocenters. The Bertz CT molecular complexity index is 478. The number of hydrogen-bond donors (Lipinski definition) is 1. The number of piperazine rings is 1. The predicted octanol–water partition coefficient (Wildman–Crippen LogP) is 3.50. The van der Waals surface area contributed by atoms with Crippen LogP contribution in [-0.2, 0) is 0 Å². The second-order valence-corrected chi connectivity index (χ2v) is 4.95. The fraction of sp³-hybridized carbons (Fsp3) is 0.571. The smallest absolute Gasteiger partial charge is 0.403 e. The van der Waals surface area contributed by atoms with Gasteiger partial charge in [0.1, 0.15) is 0 Å². The minimum Gasteiger partial charge on any atom is -0.403 e. The van der Waals surface area contributed by atoms with Crippen LogP contribution in [0.15, 0.2) is 18.2 Å². The Labute approximate surface area is 133 Å². The summed E-state index contributed by atoms with van der Waals surface area (Å²) in [5.74, 6) is -1.78. The Balaban J connectivity index is 0.00000242. The molecule has 0 unspecified atom stereocenters. The molecule has 8 heteroatoms. The van der Waals surface area contributed by atoms with Crippen molar-refractivity contribution < 1.29 is 22.3 Å². The number of rotatable bonds is 4. The summed E-state index contributed by atoms with van der Waals surface area (Å²) in [5.41, 5.74) is 0.673. The quantitative estimate of drug-likeness (QED) is 0.848. The Hall–Kier alpha value is -1.05. The Morgan fingerprint density at radius 3 is 2.41 bits per heavy atom. The van der Waals surface area contributed by atoms with Crippen LogP contribution < -0.4 is 10.1 Å². The maximum atomic E-state index is 13.8. The van der Waals surface area contributed by atoms with E-state index < -0.39 is 17.9 Å². The number of halogens is 5. The first-order chi connectivity index (χ1) is 9.90. The molecular formula is C14H19ClF4N2O. The average Bonchev–Trinajstić information content (AvgIpc) is 2.42. The standard InChI is InChI=1S/C14H18F4N2O.ClH/c1-2-12(20-7-5-19-6-8-20)10-3-4-13(11(15)9-10)21-14(16,17)18;/h3-4,9,12,19H,2,5-8H2,1H3;1H/t12-;/m1./s1. The molecule has 22 heavy (non-hydrogen) atoms. The number of ether oxygens (including phenoxy) is 1. The Morgan fingerprint density at radius 2 is 1.91 bits per heavy atom. The molecule has 0 radical (unpaired) electrons. The Kier molecular flexibility index (Phi) is 6.90. The lowest BCUT2D eigenvalue weighted by Crippen LogP contribution is -2.45. The number of benzene rings is 1. The van der Waals surface area contributed by atoms with E-state index in [1.165, 1.54) is 6.07 Å². The largest absolute Gasteiger partial charge is 0.573 e. The van der Waals surface area contributed by atoms with Crippen molar-refractivity contribution >= 4 is 12.4 Å². The SMILES string of the molecule is CC[C@H](c1ccc(OC(F)(F)F)c(F)c1)N1CCNCC1.Cl. The molecule has 1 saturated heterocycles. The summed E-state index contributed by atoms with van der Waals surface area (Å²) in [7, 11) is 0. The first-order valence-electron chi connectivity index (χ1n) is 6.90. The summed E-state index contributed by atoms with van der Waals surface area (Å²) in [4.78, 5) is 2.20. The van der Waals surface area contributed by atoms with Crippen LogP contribution >= 0.6 is 12.4 Å². The molecule has 0 aliphatic carbocycles. The highest BCUT2D eigenvalue weighted by molar-refractivity contribution is 5.85. The molecule has 1 aromatic rings. The number of nitrogens with zero attached hydrogens (tertiary/aromatic N) is 1. The highest BCUT2D eigenvalue weighted by atomic mass is 35.5. The van der Waals surface area contributed by atoms with Crippen molar-refractivity contribution in [3.05, 3.63) is 29.6 Å². The molecule has 0 saturated carbocycles. The van der Waals surface area contributed by atoms with Crippen LogP contribution in [0.3, 0.4) is 0 Å². The second-order valence-electron chi connectivity index (χ2n) is 4.95. The fourth-order valence-electron chi connectivity index (χ4n) is 2.63. The molecule has 2 rings (SSSR count). The summed E-state index contributed by atoms with van der Waals surface area (Å²) in [6.07, 6.45) is -4.12. The van der Waals surface area contributed by atoms with Gasteiger partial charge in [-0.2, -0.15) is 0 Å². The average molecular weight is 343 g/mol. The number of alkyl halides is 3. The molecular weight excluding hydrogens is 324 g/mol. The van der Waals surface area contributed by atoms with Crippen LogP contribution in [0.1, 0.15) is 24.9 Å². The highest BCUT2D eigenvalue weighted by Gasteiger charge is 2.32. The second kappa shape index (κ2) is 7.99. The van der Waals surface area contributed by atoms with Gasteiger partial charge in [-0.05, 0) is 24.1 Å². The van der Waals surface area contributed by atoms with E-state index in [4.69, 9.17) is 0 Å². The molecule has 1 aliphatic heterocycles. The van der Waals surface area contributed by atoms with Crippen LogP contribution in [0.5, 0.6) is 5.75 Å². The molecule has 0 amide bonds. The van der Waals surface area contributed by atoms with Crippen molar-refractivity contribution in [1.29, 1.82) is 0 Å². The van der Waals surface area contributed by atoms with Crippen molar-refractivity contribution in [2.45, 2.75) is 25.7 Å². The first kappa shape index (κ1) is 19.0. The van der Waals surface area contributed by atoms with E-state index in [1.807, 2.05) is 6.92 Å². The van der Waals surface area contributed by atoms with E-state index in [1.54, 1.807) is 0 Å². The van der Waals surface area contributed by atoms with Gasteiger partial charge in [-0.1, -0.05) is 13.0 Å². The zero-order chi connectivity index (χ0) is 15.5.